The fourth-order valence-corrected chi connectivity index (χ4v) is 2.80. The maximum Gasteiger partial charge on any atom is 0.251 e. The number of para-hydroxylation sites is 1. The van der Waals surface area contributed by atoms with E-state index in [0.717, 1.165) is 31.6 Å². The van der Waals surface area contributed by atoms with Crippen LogP contribution in [0.1, 0.15) is 16.8 Å². The number of rotatable bonds is 4. The van der Waals surface area contributed by atoms with Gasteiger partial charge in [0.05, 0.1) is 0 Å². The first-order valence-electron chi connectivity index (χ1n) is 7.46. The molecule has 0 saturated carbocycles. The first-order valence-corrected chi connectivity index (χ1v) is 7.46. The number of nitrogens with zero attached hydrogens (tertiary/aromatic N) is 1. The molecule has 1 amide bonds. The Morgan fingerprint density at radius 2 is 1.71 bits per heavy atom. The third-order valence-corrected chi connectivity index (χ3v) is 3.99. The smallest absolute Gasteiger partial charge is 0.251 e. The number of amides is 1. The van der Waals surface area contributed by atoms with Crippen molar-refractivity contribution in [1.82, 2.24) is 5.32 Å². The molecule has 3 rings (SSSR count). The van der Waals surface area contributed by atoms with Crippen molar-refractivity contribution in [3.05, 3.63) is 66.2 Å². The Balaban J connectivity index is 1.50. The molecule has 0 aliphatic carbocycles. The molecule has 0 bridgehead atoms. The van der Waals surface area contributed by atoms with Gasteiger partial charge in [0.15, 0.2) is 0 Å². The van der Waals surface area contributed by atoms with E-state index in [1.54, 1.807) is 0 Å². The Hall–Kier alpha value is -2.29. The number of hydrogen-bond acceptors (Lipinski definition) is 2. The molecule has 1 fully saturated rings. The maximum absolute atomic E-state index is 12.0. The van der Waals surface area contributed by atoms with Gasteiger partial charge in [-0.3, -0.25) is 4.79 Å². The SMILES string of the molecule is O=C(NC[C@H]1CCN(c2ccccc2)C1)c1ccccc1. The topological polar surface area (TPSA) is 32.3 Å². The van der Waals surface area contributed by atoms with E-state index in [9.17, 15) is 4.79 Å². The molecule has 2 aromatic carbocycles. The average molecular weight is 280 g/mol. The van der Waals surface area contributed by atoms with E-state index in [4.69, 9.17) is 0 Å². The van der Waals surface area contributed by atoms with E-state index in [0.29, 0.717) is 5.92 Å². The van der Waals surface area contributed by atoms with Crippen LogP contribution in [0.5, 0.6) is 0 Å². The minimum Gasteiger partial charge on any atom is -0.371 e. The summed E-state index contributed by atoms with van der Waals surface area (Å²) in [6.07, 6.45) is 1.13. The second-order valence-corrected chi connectivity index (χ2v) is 5.51. The van der Waals surface area contributed by atoms with E-state index >= 15 is 0 Å². The van der Waals surface area contributed by atoms with Crippen molar-refractivity contribution in [3.8, 4) is 0 Å². The van der Waals surface area contributed by atoms with E-state index < -0.39 is 0 Å². The van der Waals surface area contributed by atoms with Gasteiger partial charge >= 0.3 is 0 Å². The summed E-state index contributed by atoms with van der Waals surface area (Å²) in [6, 6.07) is 19.9. The lowest BCUT2D eigenvalue weighted by Crippen LogP contribution is -2.30. The molecule has 1 saturated heterocycles. The number of anilines is 1. The molecule has 3 nitrogen and oxygen atoms in total. The number of nitrogens with one attached hydrogen (secondary N) is 1. The van der Waals surface area contributed by atoms with Gasteiger partial charge in [-0.15, -0.1) is 0 Å². The van der Waals surface area contributed by atoms with Crippen molar-refractivity contribution in [2.45, 2.75) is 6.42 Å². The third-order valence-electron chi connectivity index (χ3n) is 3.99. The van der Waals surface area contributed by atoms with Crippen LogP contribution in [0.15, 0.2) is 60.7 Å². The Kier molecular flexibility index (Phi) is 4.20. The second kappa shape index (κ2) is 6.44. The molecular formula is C18H20N2O. The highest BCUT2D eigenvalue weighted by molar-refractivity contribution is 5.94. The molecular weight excluding hydrogens is 260 g/mol. The van der Waals surface area contributed by atoms with Crippen LogP contribution in [-0.4, -0.2) is 25.5 Å². The van der Waals surface area contributed by atoms with Crippen LogP contribution in [0, 0.1) is 5.92 Å². The van der Waals surface area contributed by atoms with Crippen LogP contribution in [0.3, 0.4) is 0 Å². The summed E-state index contributed by atoms with van der Waals surface area (Å²) in [5.74, 6) is 0.548. The van der Waals surface area contributed by atoms with Gasteiger partial charge in [0.25, 0.3) is 5.91 Å². The summed E-state index contributed by atoms with van der Waals surface area (Å²) >= 11 is 0. The largest absolute Gasteiger partial charge is 0.371 e. The van der Waals surface area contributed by atoms with Gasteiger partial charge in [-0.05, 0) is 36.6 Å². The number of carbonyl (C=O) groups is 1. The molecule has 0 radical (unpaired) electrons. The molecule has 1 N–H and O–H groups in total. The Morgan fingerprint density at radius 3 is 2.43 bits per heavy atom. The zero-order chi connectivity index (χ0) is 14.5. The van der Waals surface area contributed by atoms with Crippen molar-refractivity contribution in [3.63, 3.8) is 0 Å². The van der Waals surface area contributed by atoms with E-state index in [1.165, 1.54) is 5.69 Å². The van der Waals surface area contributed by atoms with E-state index in [-0.39, 0.29) is 5.91 Å². The molecule has 1 aliphatic rings. The molecule has 2 aromatic rings. The highest BCUT2D eigenvalue weighted by Crippen LogP contribution is 2.22. The molecule has 0 aromatic heterocycles. The van der Waals surface area contributed by atoms with Gasteiger partial charge < -0.3 is 10.2 Å². The summed E-state index contributed by atoms with van der Waals surface area (Å²) in [5.41, 5.74) is 2.00. The fraction of sp³-hybridized carbons (Fsp3) is 0.278. The summed E-state index contributed by atoms with van der Waals surface area (Å²) in [5, 5.41) is 3.05. The lowest BCUT2D eigenvalue weighted by molar-refractivity contribution is 0.0948. The fourth-order valence-electron chi connectivity index (χ4n) is 2.80. The lowest BCUT2D eigenvalue weighted by Gasteiger charge is -2.18. The van der Waals surface area contributed by atoms with Gasteiger partial charge in [0, 0.05) is 30.9 Å². The van der Waals surface area contributed by atoms with Crippen molar-refractivity contribution in [1.29, 1.82) is 0 Å². The second-order valence-electron chi connectivity index (χ2n) is 5.51. The molecule has 3 heteroatoms. The van der Waals surface area contributed by atoms with E-state index in [2.05, 4.69) is 34.5 Å². The Morgan fingerprint density at radius 1 is 1.05 bits per heavy atom. The quantitative estimate of drug-likeness (QED) is 0.934. The third kappa shape index (κ3) is 3.43. The van der Waals surface area contributed by atoms with Crippen LogP contribution < -0.4 is 10.2 Å². The minimum absolute atomic E-state index is 0.0220. The monoisotopic (exact) mass is 280 g/mol. The van der Waals surface area contributed by atoms with E-state index in [1.807, 2.05) is 36.4 Å². The molecule has 0 spiro atoms. The summed E-state index contributed by atoms with van der Waals surface area (Å²) in [7, 11) is 0. The normalized spacial score (nSPS) is 17.7. The van der Waals surface area contributed by atoms with Gasteiger partial charge in [-0.1, -0.05) is 36.4 Å². The predicted octanol–water partition coefficient (Wildman–Crippen LogP) is 2.94. The lowest BCUT2D eigenvalue weighted by atomic mass is 10.1. The van der Waals surface area contributed by atoms with Crippen LogP contribution >= 0.6 is 0 Å². The highest BCUT2D eigenvalue weighted by Gasteiger charge is 2.22. The molecule has 108 valence electrons. The van der Waals surface area contributed by atoms with Gasteiger partial charge in [-0.2, -0.15) is 0 Å². The van der Waals surface area contributed by atoms with Crippen molar-refractivity contribution >= 4 is 11.6 Å². The number of hydrogen-bond donors (Lipinski definition) is 1. The molecule has 21 heavy (non-hydrogen) atoms. The molecule has 1 heterocycles. The van der Waals surface area contributed by atoms with Gasteiger partial charge in [0.1, 0.15) is 0 Å². The van der Waals surface area contributed by atoms with Gasteiger partial charge in [-0.25, -0.2) is 0 Å². The number of benzene rings is 2. The zero-order valence-electron chi connectivity index (χ0n) is 12.0. The highest BCUT2D eigenvalue weighted by atomic mass is 16.1. The van der Waals surface area contributed by atoms with Crippen LogP contribution in [0.25, 0.3) is 0 Å². The first kappa shape index (κ1) is 13.7. The van der Waals surface area contributed by atoms with Crippen LogP contribution in [0.4, 0.5) is 5.69 Å². The van der Waals surface area contributed by atoms with Gasteiger partial charge in [0.2, 0.25) is 0 Å². The standard InChI is InChI=1S/C18H20N2O/c21-18(16-7-3-1-4-8-16)19-13-15-11-12-20(14-15)17-9-5-2-6-10-17/h1-10,15H,11-14H2,(H,19,21)/t15-/m1/s1. The maximum atomic E-state index is 12.0. The van der Waals surface area contributed by atoms with Crippen LogP contribution in [0.2, 0.25) is 0 Å². The average Bonchev–Trinajstić information content (AvgIpc) is 3.03. The van der Waals surface area contributed by atoms with Crippen LogP contribution in [-0.2, 0) is 0 Å². The summed E-state index contributed by atoms with van der Waals surface area (Å²) < 4.78 is 0. The zero-order valence-corrected chi connectivity index (χ0v) is 12.0. The summed E-state index contributed by atoms with van der Waals surface area (Å²) in [6.45, 7) is 2.83. The predicted molar refractivity (Wildman–Crippen MR) is 85.5 cm³/mol. The first-order chi connectivity index (χ1) is 10.3. The Labute approximate surface area is 125 Å². The van der Waals surface area contributed by atoms with Crippen molar-refractivity contribution < 1.29 is 4.79 Å². The number of carbonyl (C=O) groups excluding carboxylic acids is 1. The Bertz CT molecular complexity index is 583. The molecule has 0 unspecified atom stereocenters. The summed E-state index contributed by atoms with van der Waals surface area (Å²) in [4.78, 5) is 14.4. The minimum atomic E-state index is 0.0220. The van der Waals surface area contributed by atoms with Crippen molar-refractivity contribution in [2.75, 3.05) is 24.5 Å². The molecule has 1 atom stereocenters. The van der Waals surface area contributed by atoms with Crippen molar-refractivity contribution in [2.24, 2.45) is 5.92 Å². The molecule has 1 aliphatic heterocycles.